The van der Waals surface area contributed by atoms with Crippen molar-refractivity contribution in [3.8, 4) is 0 Å². The second-order valence-electron chi connectivity index (χ2n) is 4.73. The summed E-state index contributed by atoms with van der Waals surface area (Å²) in [6.45, 7) is 8.94. The van der Waals surface area contributed by atoms with Crippen molar-refractivity contribution in [2.24, 2.45) is 0 Å². The van der Waals surface area contributed by atoms with E-state index in [0.29, 0.717) is 6.04 Å². The number of hydrogen-bond acceptors (Lipinski definition) is 2. The molecule has 1 aromatic carbocycles. The third-order valence-electron chi connectivity index (χ3n) is 3.49. The fourth-order valence-corrected chi connectivity index (χ4v) is 3.33. The summed E-state index contributed by atoms with van der Waals surface area (Å²) in [4.78, 5) is 2.59. The topological polar surface area (TPSA) is 15.3 Å². The van der Waals surface area contributed by atoms with Crippen molar-refractivity contribution in [2.75, 3.05) is 26.2 Å². The van der Waals surface area contributed by atoms with E-state index < -0.39 is 0 Å². The maximum absolute atomic E-state index is 3.71. The average Bonchev–Trinajstić information content (AvgIpc) is 2.34. The highest BCUT2D eigenvalue weighted by atomic mass is 79.9. The maximum Gasteiger partial charge on any atom is 0.0357 e. The molecule has 1 aliphatic rings. The Hall–Kier alpha value is -0.380. The summed E-state index contributed by atoms with van der Waals surface area (Å²) in [6, 6.07) is 7.26. The number of nitrogens with one attached hydrogen (secondary N) is 1. The second kappa shape index (κ2) is 5.98. The summed E-state index contributed by atoms with van der Waals surface area (Å²) in [5, 5.41) is 3.42. The van der Waals surface area contributed by atoms with E-state index in [2.05, 4.69) is 58.2 Å². The molecule has 0 radical (unpaired) electrons. The molecule has 0 spiro atoms. The first kappa shape index (κ1) is 13.1. The molecule has 2 rings (SSSR count). The van der Waals surface area contributed by atoms with Crippen LogP contribution in [-0.4, -0.2) is 31.1 Å². The monoisotopic (exact) mass is 296 g/mol. The molecule has 1 saturated heterocycles. The number of hydrogen-bond donors (Lipinski definition) is 1. The Kier molecular flexibility index (Phi) is 4.60. The van der Waals surface area contributed by atoms with Crippen LogP contribution in [0.1, 0.15) is 30.5 Å². The number of nitrogens with zero attached hydrogens (tertiary/aromatic N) is 1. The lowest BCUT2D eigenvalue weighted by Crippen LogP contribution is -2.45. The first-order valence-corrected chi connectivity index (χ1v) is 7.22. The SMILES string of the molecule is CC[C@H](c1ccc(C)cc1Br)N1CCNCC1. The molecule has 1 aliphatic heterocycles. The summed E-state index contributed by atoms with van der Waals surface area (Å²) in [6.07, 6.45) is 1.17. The van der Waals surface area contributed by atoms with Crippen molar-refractivity contribution >= 4 is 15.9 Å². The number of rotatable bonds is 3. The van der Waals surface area contributed by atoms with E-state index in [0.717, 1.165) is 26.2 Å². The molecule has 0 saturated carbocycles. The Morgan fingerprint density at radius 1 is 1.35 bits per heavy atom. The van der Waals surface area contributed by atoms with E-state index in [4.69, 9.17) is 0 Å². The minimum Gasteiger partial charge on any atom is -0.314 e. The normalized spacial score (nSPS) is 19.2. The van der Waals surface area contributed by atoms with Crippen molar-refractivity contribution < 1.29 is 0 Å². The highest BCUT2D eigenvalue weighted by molar-refractivity contribution is 9.10. The van der Waals surface area contributed by atoms with Crippen molar-refractivity contribution in [1.29, 1.82) is 0 Å². The maximum atomic E-state index is 3.71. The van der Waals surface area contributed by atoms with Crippen LogP contribution in [0.2, 0.25) is 0 Å². The minimum absolute atomic E-state index is 0.548. The molecule has 3 heteroatoms. The fourth-order valence-electron chi connectivity index (χ4n) is 2.57. The van der Waals surface area contributed by atoms with Gasteiger partial charge < -0.3 is 5.32 Å². The molecule has 1 aromatic rings. The zero-order valence-electron chi connectivity index (χ0n) is 10.7. The average molecular weight is 297 g/mol. The van der Waals surface area contributed by atoms with E-state index in [-0.39, 0.29) is 0 Å². The van der Waals surface area contributed by atoms with Crippen molar-refractivity contribution in [3.63, 3.8) is 0 Å². The van der Waals surface area contributed by atoms with Gasteiger partial charge in [0.25, 0.3) is 0 Å². The molecule has 2 nitrogen and oxygen atoms in total. The van der Waals surface area contributed by atoms with Crippen molar-refractivity contribution in [1.82, 2.24) is 10.2 Å². The molecule has 0 aromatic heterocycles. The Labute approximate surface area is 113 Å². The largest absolute Gasteiger partial charge is 0.314 e. The van der Waals surface area contributed by atoms with E-state index in [1.165, 1.54) is 22.0 Å². The second-order valence-corrected chi connectivity index (χ2v) is 5.59. The molecule has 0 amide bonds. The quantitative estimate of drug-likeness (QED) is 0.922. The first-order valence-electron chi connectivity index (χ1n) is 6.43. The van der Waals surface area contributed by atoms with Gasteiger partial charge in [-0.15, -0.1) is 0 Å². The van der Waals surface area contributed by atoms with Crippen molar-refractivity contribution in [2.45, 2.75) is 26.3 Å². The summed E-state index contributed by atoms with van der Waals surface area (Å²) in [7, 11) is 0. The number of piperazine rings is 1. The van der Waals surface area contributed by atoms with Gasteiger partial charge in [0.15, 0.2) is 0 Å². The molecular formula is C14H21BrN2. The Morgan fingerprint density at radius 2 is 2.06 bits per heavy atom. The van der Waals surface area contributed by atoms with Gasteiger partial charge in [0.1, 0.15) is 0 Å². The van der Waals surface area contributed by atoms with Crippen LogP contribution < -0.4 is 5.32 Å². The van der Waals surface area contributed by atoms with Gasteiger partial charge in [0.2, 0.25) is 0 Å². The highest BCUT2D eigenvalue weighted by Gasteiger charge is 2.21. The summed E-state index contributed by atoms with van der Waals surface area (Å²) >= 11 is 3.71. The lowest BCUT2D eigenvalue weighted by atomic mass is 10.0. The number of aryl methyl sites for hydroxylation is 1. The molecule has 94 valence electrons. The summed E-state index contributed by atoms with van der Waals surface area (Å²) in [5.41, 5.74) is 2.75. The number of benzene rings is 1. The first-order chi connectivity index (χ1) is 8.22. The standard InChI is InChI=1S/C14H21BrN2/c1-3-14(17-8-6-16-7-9-17)12-5-4-11(2)10-13(12)15/h4-5,10,14,16H,3,6-9H2,1-2H3/t14-/m1/s1. The molecule has 17 heavy (non-hydrogen) atoms. The Morgan fingerprint density at radius 3 is 2.65 bits per heavy atom. The van der Waals surface area contributed by atoms with Gasteiger partial charge >= 0.3 is 0 Å². The predicted octanol–water partition coefficient (Wildman–Crippen LogP) is 3.11. The Bertz CT molecular complexity index is 372. The fraction of sp³-hybridized carbons (Fsp3) is 0.571. The van der Waals surface area contributed by atoms with Crippen molar-refractivity contribution in [3.05, 3.63) is 33.8 Å². The highest BCUT2D eigenvalue weighted by Crippen LogP contribution is 2.31. The zero-order valence-corrected chi connectivity index (χ0v) is 12.3. The zero-order chi connectivity index (χ0) is 12.3. The molecular weight excluding hydrogens is 276 g/mol. The van der Waals surface area contributed by atoms with Crippen LogP contribution in [0.4, 0.5) is 0 Å². The molecule has 1 N–H and O–H groups in total. The van der Waals surface area contributed by atoms with Crippen LogP contribution in [0.3, 0.4) is 0 Å². The molecule has 0 aliphatic carbocycles. The van der Waals surface area contributed by atoms with Crippen LogP contribution in [0.25, 0.3) is 0 Å². The van der Waals surface area contributed by atoms with Crippen LogP contribution in [0, 0.1) is 6.92 Å². The van der Waals surface area contributed by atoms with E-state index >= 15 is 0 Å². The van der Waals surface area contributed by atoms with Gasteiger partial charge in [0, 0.05) is 36.7 Å². The van der Waals surface area contributed by atoms with Gasteiger partial charge in [-0.1, -0.05) is 35.0 Å². The molecule has 1 fully saturated rings. The minimum atomic E-state index is 0.548. The third kappa shape index (κ3) is 3.09. The van der Waals surface area contributed by atoms with Crippen LogP contribution in [-0.2, 0) is 0 Å². The Balaban J connectivity index is 2.21. The van der Waals surface area contributed by atoms with E-state index in [1.807, 2.05) is 0 Å². The lowest BCUT2D eigenvalue weighted by molar-refractivity contribution is 0.169. The molecule has 0 bridgehead atoms. The summed E-state index contributed by atoms with van der Waals surface area (Å²) < 4.78 is 1.25. The summed E-state index contributed by atoms with van der Waals surface area (Å²) in [5.74, 6) is 0. The van der Waals surface area contributed by atoms with Gasteiger partial charge in [-0.05, 0) is 30.5 Å². The predicted molar refractivity (Wildman–Crippen MR) is 76.4 cm³/mol. The lowest BCUT2D eigenvalue weighted by Gasteiger charge is -2.35. The van der Waals surface area contributed by atoms with Crippen LogP contribution >= 0.6 is 15.9 Å². The molecule has 0 unspecified atom stereocenters. The molecule has 1 heterocycles. The van der Waals surface area contributed by atoms with E-state index in [1.54, 1.807) is 0 Å². The number of halogens is 1. The third-order valence-corrected chi connectivity index (χ3v) is 4.18. The van der Waals surface area contributed by atoms with Crippen LogP contribution in [0.15, 0.2) is 22.7 Å². The van der Waals surface area contributed by atoms with Gasteiger partial charge in [0.05, 0.1) is 0 Å². The van der Waals surface area contributed by atoms with Gasteiger partial charge in [-0.25, -0.2) is 0 Å². The smallest absolute Gasteiger partial charge is 0.0357 e. The molecule has 1 atom stereocenters. The van der Waals surface area contributed by atoms with Gasteiger partial charge in [-0.2, -0.15) is 0 Å². The van der Waals surface area contributed by atoms with Gasteiger partial charge in [-0.3, -0.25) is 4.90 Å². The van der Waals surface area contributed by atoms with Crippen LogP contribution in [0.5, 0.6) is 0 Å². The van der Waals surface area contributed by atoms with E-state index in [9.17, 15) is 0 Å².